The Morgan fingerprint density at radius 1 is 0.769 bits per heavy atom. The summed E-state index contributed by atoms with van der Waals surface area (Å²) < 4.78 is 34.0. The summed E-state index contributed by atoms with van der Waals surface area (Å²) in [6.45, 7) is 1.63. The second-order valence-electron chi connectivity index (χ2n) is 4.66. The average molecular weight is 429 g/mol. The molecule has 0 aromatic carbocycles. The smallest absolute Gasteiger partial charge is 0.291 e. The first-order valence-electron chi connectivity index (χ1n) is 7.38. The molecule has 0 unspecified atom stereocenters. The molecule has 0 aliphatic rings. The Kier molecular flexibility index (Phi) is 13.5. The van der Waals surface area contributed by atoms with Gasteiger partial charge in [-0.15, -0.1) is 10.2 Å². The predicted molar refractivity (Wildman–Crippen MR) is 82.6 cm³/mol. The summed E-state index contributed by atoms with van der Waals surface area (Å²) in [5, 5.41) is 0. The third-order valence-corrected chi connectivity index (χ3v) is 2.65. The van der Waals surface area contributed by atoms with Crippen LogP contribution in [0.3, 0.4) is 0 Å². The molecule has 2 rings (SSSR count). The minimum absolute atomic E-state index is 0. The number of aliphatic imine (C=N–C) groups is 2. The molecule has 0 saturated carbocycles. The fourth-order valence-electron chi connectivity index (χ4n) is 1.63. The molecule has 2 aromatic heterocycles. The van der Waals surface area contributed by atoms with Gasteiger partial charge >= 0.3 is 17.1 Å². The molecule has 10 heteroatoms. The molecule has 0 fully saturated rings. The van der Waals surface area contributed by atoms with Crippen LogP contribution in [0.25, 0.3) is 0 Å². The van der Waals surface area contributed by atoms with E-state index >= 15 is 0 Å². The second kappa shape index (κ2) is 14.5. The first-order valence-corrected chi connectivity index (χ1v) is 8.62. The van der Waals surface area contributed by atoms with Crippen molar-refractivity contribution in [1.29, 1.82) is 0 Å². The van der Waals surface area contributed by atoms with Crippen molar-refractivity contribution in [3.8, 4) is 0 Å². The number of unbranched alkanes of at least 4 members (excludes halogenated alkanes) is 1. The molecule has 1 radical (unpaired) electrons. The Hall–Kier alpha value is -1.71. The Morgan fingerprint density at radius 2 is 1.15 bits per heavy atom. The monoisotopic (exact) mass is 428 g/mol. The van der Waals surface area contributed by atoms with Gasteiger partial charge in [-0.25, -0.2) is 18.6 Å². The maximum Gasteiger partial charge on any atom is 2.00 e. The number of aromatic nitrogens is 2. The largest absolute Gasteiger partial charge is 2.00 e. The van der Waals surface area contributed by atoms with Crippen LogP contribution in [0.15, 0.2) is 58.8 Å². The number of hydrogen-bond acceptors (Lipinski definition) is 8. The summed E-state index contributed by atoms with van der Waals surface area (Å²) >= 11 is 0. The van der Waals surface area contributed by atoms with Gasteiger partial charge in [0.15, 0.2) is 0 Å². The normalized spacial score (nSPS) is 11.1. The van der Waals surface area contributed by atoms with E-state index in [1.165, 1.54) is 0 Å². The summed E-state index contributed by atoms with van der Waals surface area (Å²) in [5.74, 6) is 0. The summed E-state index contributed by atoms with van der Waals surface area (Å²) in [5.41, 5.74) is 1.81. The van der Waals surface area contributed by atoms with Crippen molar-refractivity contribution < 1.29 is 45.9 Å². The summed E-state index contributed by atoms with van der Waals surface area (Å²) in [4.78, 5) is 17.1. The first-order chi connectivity index (χ1) is 11.9. The van der Waals surface area contributed by atoms with E-state index in [0.717, 1.165) is 37.3 Å². The number of rotatable bonds is 7. The molecular weight excluding hydrogens is 411 g/mol. The molecule has 2 aromatic rings. The van der Waals surface area contributed by atoms with Crippen molar-refractivity contribution in [3.63, 3.8) is 0 Å². The number of hydrogen-bond donors (Lipinski definition) is 0. The van der Waals surface area contributed by atoms with E-state index in [1.807, 2.05) is 48.8 Å². The van der Waals surface area contributed by atoms with Crippen molar-refractivity contribution in [2.45, 2.75) is 12.8 Å². The topological polar surface area (TPSA) is 143 Å². The van der Waals surface area contributed by atoms with Crippen LogP contribution in [0.4, 0.5) is 0 Å². The van der Waals surface area contributed by atoms with Gasteiger partial charge in [0.05, 0.1) is 11.4 Å². The third-order valence-electron chi connectivity index (χ3n) is 2.65. The molecule has 0 N–H and O–H groups in total. The summed E-state index contributed by atoms with van der Waals surface area (Å²) in [7, 11) is -4.94. The van der Waals surface area contributed by atoms with Crippen molar-refractivity contribution in [2.24, 2.45) is 9.98 Å². The molecule has 8 nitrogen and oxygen atoms in total. The average Bonchev–Trinajstić information content (AvgIpc) is 2.58. The van der Waals surface area contributed by atoms with E-state index < -0.39 is 10.2 Å². The molecule has 0 saturated heterocycles. The van der Waals surface area contributed by atoms with Gasteiger partial charge in [0, 0.05) is 37.9 Å². The van der Waals surface area contributed by atoms with Crippen molar-refractivity contribution in [2.75, 3.05) is 13.1 Å². The van der Waals surface area contributed by atoms with Gasteiger partial charge in [0.2, 0.25) is 0 Å². The Morgan fingerprint density at radius 3 is 1.46 bits per heavy atom. The van der Waals surface area contributed by atoms with Crippen molar-refractivity contribution in [3.05, 3.63) is 60.2 Å². The summed E-state index contributed by atoms with van der Waals surface area (Å²) in [6.07, 6.45) is 9.24. The maximum atomic E-state index is 8.49. The SMILES string of the molecule is C(=NCCCCN=Cc1ccccn1)c1ccccn1.[Cu+2].[O-][Cl+3]([O-])([O-])[O-]. The fraction of sp³-hybridized carbons (Fsp3) is 0.250. The summed E-state index contributed by atoms with van der Waals surface area (Å²) in [6, 6.07) is 11.6. The van der Waals surface area contributed by atoms with Gasteiger partial charge < -0.3 is 0 Å². The minimum atomic E-state index is -4.94. The van der Waals surface area contributed by atoms with E-state index in [9.17, 15) is 0 Å². The maximum absolute atomic E-state index is 8.49. The minimum Gasteiger partial charge on any atom is -0.291 e. The molecule has 26 heavy (non-hydrogen) atoms. The Bertz CT molecular complexity index is 582. The van der Waals surface area contributed by atoms with E-state index in [4.69, 9.17) is 18.6 Å². The molecule has 143 valence electrons. The quantitative estimate of drug-likeness (QED) is 0.284. The van der Waals surface area contributed by atoms with Crippen LogP contribution in [0.5, 0.6) is 0 Å². The van der Waals surface area contributed by atoms with Gasteiger partial charge in [-0.3, -0.25) is 20.0 Å². The Balaban J connectivity index is 0.000000923. The zero-order chi connectivity index (χ0) is 18.4. The molecule has 0 atom stereocenters. The van der Waals surface area contributed by atoms with Crippen LogP contribution in [-0.2, 0) is 17.1 Å². The van der Waals surface area contributed by atoms with Gasteiger partial charge in [-0.1, -0.05) is 12.1 Å². The predicted octanol–water partition coefficient (Wildman–Crippen LogP) is -1.96. The molecule has 2 heterocycles. The van der Waals surface area contributed by atoms with E-state index in [0.29, 0.717) is 0 Å². The van der Waals surface area contributed by atoms with Crippen LogP contribution in [0.2, 0.25) is 0 Å². The van der Waals surface area contributed by atoms with Gasteiger partial charge in [0.1, 0.15) is 0 Å². The van der Waals surface area contributed by atoms with Crippen LogP contribution in [-0.4, -0.2) is 35.5 Å². The van der Waals surface area contributed by atoms with Gasteiger partial charge in [-0.2, -0.15) is 0 Å². The van der Waals surface area contributed by atoms with E-state index in [2.05, 4.69) is 20.0 Å². The van der Waals surface area contributed by atoms with Gasteiger partial charge in [0.25, 0.3) is 0 Å². The standard InChI is InChI=1S/C16H18N4.ClHO4.Cu/c1-3-11-19-15(7-1)13-17-9-5-6-10-18-14-16-8-2-4-12-20-16;2-1(3,4)5;/h1-4,7-8,11-14H,5-6,9-10H2;(H,2,3,4,5);/q;;+2/p-1. The molecule has 0 aliphatic carbocycles. The molecule has 0 bridgehead atoms. The molecule has 0 aliphatic heterocycles. The van der Waals surface area contributed by atoms with Crippen LogP contribution >= 0.6 is 0 Å². The van der Waals surface area contributed by atoms with Crippen molar-refractivity contribution >= 4 is 12.4 Å². The number of halogens is 1. The Labute approximate surface area is 164 Å². The number of pyridine rings is 2. The van der Waals surface area contributed by atoms with E-state index in [1.54, 1.807) is 12.4 Å². The number of nitrogens with zero attached hydrogens (tertiary/aromatic N) is 4. The molecule has 0 spiro atoms. The third kappa shape index (κ3) is 15.8. The van der Waals surface area contributed by atoms with Crippen LogP contribution in [0.1, 0.15) is 24.2 Å². The fourth-order valence-corrected chi connectivity index (χ4v) is 1.63. The van der Waals surface area contributed by atoms with Crippen molar-refractivity contribution in [1.82, 2.24) is 9.97 Å². The zero-order valence-corrected chi connectivity index (χ0v) is 15.4. The van der Waals surface area contributed by atoms with E-state index in [-0.39, 0.29) is 17.1 Å². The second-order valence-corrected chi connectivity index (χ2v) is 5.42. The van der Waals surface area contributed by atoms with Crippen LogP contribution in [0, 0.1) is 10.2 Å². The molecule has 0 amide bonds. The molecular formula is C16H18ClCuN4O4+. The van der Waals surface area contributed by atoms with Gasteiger partial charge in [-0.05, 0) is 37.1 Å². The van der Waals surface area contributed by atoms with Crippen LogP contribution < -0.4 is 18.6 Å². The zero-order valence-electron chi connectivity index (χ0n) is 13.7. The first kappa shape index (κ1) is 24.3.